The largest absolute Gasteiger partial charge is 0.348 e. The molecular weight excluding hydrogens is 336 g/mol. The van der Waals surface area contributed by atoms with E-state index in [0.29, 0.717) is 17.0 Å². The number of carbonyl (C=O) groups excluding carboxylic acids is 1. The number of nitrogens with one attached hydrogen (secondary N) is 1. The van der Waals surface area contributed by atoms with Crippen LogP contribution in [0.15, 0.2) is 24.3 Å². The van der Waals surface area contributed by atoms with E-state index in [-0.39, 0.29) is 24.4 Å². The summed E-state index contributed by atoms with van der Waals surface area (Å²) in [5.74, 6) is 3.07. The summed E-state index contributed by atoms with van der Waals surface area (Å²) in [4.78, 5) is 12.3. The van der Waals surface area contributed by atoms with Crippen molar-refractivity contribution in [3.05, 3.63) is 35.4 Å². The van der Waals surface area contributed by atoms with Crippen LogP contribution in [0.4, 0.5) is 0 Å². The minimum Gasteiger partial charge on any atom is -0.348 e. The lowest BCUT2D eigenvalue weighted by Gasteiger charge is -2.21. The number of benzene rings is 1. The van der Waals surface area contributed by atoms with Gasteiger partial charge in [0.2, 0.25) is 0 Å². The first-order valence-electron chi connectivity index (χ1n) is 7.62. The van der Waals surface area contributed by atoms with Crippen molar-refractivity contribution in [2.75, 3.05) is 18.1 Å². The summed E-state index contributed by atoms with van der Waals surface area (Å²) in [5, 5.41) is 3.07. The van der Waals surface area contributed by atoms with Gasteiger partial charge in [-0.2, -0.15) is 0 Å². The lowest BCUT2D eigenvalue weighted by molar-refractivity contribution is 0.0933. The normalized spacial score (nSPS) is 20.0. The van der Waals surface area contributed by atoms with Gasteiger partial charge in [0.1, 0.15) is 0 Å². The molecule has 22 heavy (non-hydrogen) atoms. The topological polar surface area (TPSA) is 55.1 Å². The van der Waals surface area contributed by atoms with Crippen molar-refractivity contribution in [1.29, 1.82) is 0 Å². The third kappa shape index (κ3) is 4.57. The Morgan fingerprint density at radius 1 is 1.23 bits per heavy atom. The number of hydrogen-bond acceptors (Lipinski definition) is 4. The zero-order chi connectivity index (χ0) is 14.7. The summed E-state index contributed by atoms with van der Waals surface area (Å²) >= 11 is 4.01. The van der Waals surface area contributed by atoms with Gasteiger partial charge in [-0.1, -0.05) is 12.1 Å². The molecule has 3 rings (SSSR count). The molecule has 1 amide bonds. The third-order valence-electron chi connectivity index (χ3n) is 4.03. The first-order chi connectivity index (χ1) is 10.3. The fourth-order valence-corrected chi connectivity index (χ4v) is 5.49. The van der Waals surface area contributed by atoms with E-state index < -0.39 is 0 Å². The first-order valence-corrected chi connectivity index (χ1v) is 9.72. The summed E-state index contributed by atoms with van der Waals surface area (Å²) < 4.78 is 0.527. The van der Waals surface area contributed by atoms with E-state index in [2.05, 4.69) is 17.4 Å². The van der Waals surface area contributed by atoms with Crippen LogP contribution in [-0.2, 0) is 0 Å². The van der Waals surface area contributed by atoms with Gasteiger partial charge in [0, 0.05) is 18.2 Å². The van der Waals surface area contributed by atoms with Gasteiger partial charge in [-0.15, -0.1) is 35.9 Å². The minimum atomic E-state index is 0. The minimum absolute atomic E-state index is 0. The van der Waals surface area contributed by atoms with Crippen molar-refractivity contribution < 1.29 is 4.79 Å². The molecular formula is C16H23ClN2OS2. The Balaban J connectivity index is 0.00000176. The molecule has 1 heterocycles. The Morgan fingerprint density at radius 2 is 1.86 bits per heavy atom. The van der Waals surface area contributed by atoms with Crippen LogP contribution in [-0.4, -0.2) is 30.0 Å². The van der Waals surface area contributed by atoms with Gasteiger partial charge in [-0.25, -0.2) is 0 Å². The molecule has 1 aromatic rings. The van der Waals surface area contributed by atoms with E-state index in [1.54, 1.807) is 0 Å². The molecule has 2 aliphatic rings. The Hall–Kier alpha value is -0.360. The van der Waals surface area contributed by atoms with E-state index in [0.717, 1.165) is 5.56 Å². The highest BCUT2D eigenvalue weighted by Crippen LogP contribution is 2.43. The van der Waals surface area contributed by atoms with E-state index in [1.807, 2.05) is 35.7 Å². The van der Waals surface area contributed by atoms with Gasteiger partial charge in [-0.05, 0) is 54.4 Å². The summed E-state index contributed by atoms with van der Waals surface area (Å²) in [6.07, 6.45) is 3.68. The second kappa shape index (κ2) is 8.48. The van der Waals surface area contributed by atoms with Gasteiger partial charge in [0.25, 0.3) is 5.91 Å². The Morgan fingerprint density at radius 3 is 2.41 bits per heavy atom. The maximum atomic E-state index is 12.3. The number of thioether (sulfide) groups is 2. The van der Waals surface area contributed by atoms with Crippen LogP contribution in [0.1, 0.15) is 39.8 Å². The molecule has 1 unspecified atom stereocenters. The van der Waals surface area contributed by atoms with E-state index in [9.17, 15) is 4.79 Å². The Bertz CT molecular complexity index is 487. The predicted molar refractivity (Wildman–Crippen MR) is 99.0 cm³/mol. The van der Waals surface area contributed by atoms with Crippen LogP contribution in [0.25, 0.3) is 0 Å². The summed E-state index contributed by atoms with van der Waals surface area (Å²) in [6.45, 7) is 0.532. The zero-order valence-corrected chi connectivity index (χ0v) is 14.9. The van der Waals surface area contributed by atoms with Gasteiger partial charge < -0.3 is 11.1 Å². The predicted octanol–water partition coefficient (Wildman–Crippen LogP) is 3.44. The van der Waals surface area contributed by atoms with Crippen LogP contribution in [0.3, 0.4) is 0 Å². The molecule has 0 aromatic heterocycles. The molecule has 1 aliphatic carbocycles. The van der Waals surface area contributed by atoms with Crippen molar-refractivity contribution in [3.8, 4) is 0 Å². The second-order valence-corrected chi connectivity index (χ2v) is 8.43. The molecule has 1 saturated heterocycles. The quantitative estimate of drug-likeness (QED) is 0.846. The SMILES string of the molecule is Cl.NCC(NC(=O)c1ccc(C2SCCCS2)cc1)C1CC1. The molecule has 0 radical (unpaired) electrons. The van der Waals surface area contributed by atoms with E-state index in [1.165, 1.54) is 36.3 Å². The monoisotopic (exact) mass is 358 g/mol. The molecule has 1 atom stereocenters. The number of halogens is 1. The first kappa shape index (κ1) is 18.0. The van der Waals surface area contributed by atoms with Gasteiger partial charge >= 0.3 is 0 Å². The van der Waals surface area contributed by atoms with Gasteiger partial charge in [0.05, 0.1) is 4.58 Å². The number of nitrogens with two attached hydrogens (primary N) is 1. The van der Waals surface area contributed by atoms with Crippen molar-refractivity contribution in [2.24, 2.45) is 11.7 Å². The van der Waals surface area contributed by atoms with Gasteiger partial charge in [0.15, 0.2) is 0 Å². The molecule has 3 nitrogen and oxygen atoms in total. The third-order valence-corrected chi connectivity index (χ3v) is 7.05. The van der Waals surface area contributed by atoms with Gasteiger partial charge in [-0.3, -0.25) is 4.79 Å². The van der Waals surface area contributed by atoms with Crippen molar-refractivity contribution in [3.63, 3.8) is 0 Å². The molecule has 6 heteroatoms. The van der Waals surface area contributed by atoms with Crippen molar-refractivity contribution >= 4 is 41.8 Å². The highest BCUT2D eigenvalue weighted by atomic mass is 35.5. The number of hydrogen-bond donors (Lipinski definition) is 2. The van der Waals surface area contributed by atoms with E-state index >= 15 is 0 Å². The van der Waals surface area contributed by atoms with Crippen LogP contribution < -0.4 is 11.1 Å². The summed E-state index contributed by atoms with van der Waals surface area (Å²) in [6, 6.07) is 8.22. The number of carbonyl (C=O) groups is 1. The van der Waals surface area contributed by atoms with Crippen LogP contribution >= 0.6 is 35.9 Å². The molecule has 122 valence electrons. The Labute approximate surface area is 147 Å². The Kier molecular flexibility index (Phi) is 6.93. The highest BCUT2D eigenvalue weighted by molar-refractivity contribution is 8.16. The molecule has 0 spiro atoms. The fourth-order valence-electron chi connectivity index (χ4n) is 2.59. The molecule has 1 aliphatic heterocycles. The molecule has 1 saturated carbocycles. The van der Waals surface area contributed by atoms with Crippen molar-refractivity contribution in [2.45, 2.75) is 29.9 Å². The van der Waals surface area contributed by atoms with Crippen LogP contribution in [0.5, 0.6) is 0 Å². The van der Waals surface area contributed by atoms with Crippen LogP contribution in [0.2, 0.25) is 0 Å². The molecule has 3 N–H and O–H groups in total. The highest BCUT2D eigenvalue weighted by Gasteiger charge is 2.31. The average molecular weight is 359 g/mol. The second-order valence-electron chi connectivity index (χ2n) is 5.70. The number of amides is 1. The summed E-state index contributed by atoms with van der Waals surface area (Å²) in [7, 11) is 0. The average Bonchev–Trinajstić information content (AvgIpc) is 3.38. The fraction of sp³-hybridized carbons (Fsp3) is 0.562. The van der Waals surface area contributed by atoms with E-state index in [4.69, 9.17) is 5.73 Å². The lowest BCUT2D eigenvalue weighted by Crippen LogP contribution is -2.41. The summed E-state index contributed by atoms with van der Waals surface area (Å²) in [5.41, 5.74) is 7.80. The zero-order valence-electron chi connectivity index (χ0n) is 12.5. The maximum absolute atomic E-state index is 12.3. The standard InChI is InChI=1S/C16H22N2OS2.ClH/c17-10-14(11-2-3-11)18-15(19)12-4-6-13(7-5-12)16-20-8-1-9-21-16;/h4-7,11,14,16H,1-3,8-10,17H2,(H,18,19);1H. The maximum Gasteiger partial charge on any atom is 0.251 e. The molecule has 1 aromatic carbocycles. The van der Waals surface area contributed by atoms with Crippen molar-refractivity contribution in [1.82, 2.24) is 5.32 Å². The smallest absolute Gasteiger partial charge is 0.251 e. The molecule has 2 fully saturated rings. The molecule has 0 bridgehead atoms. The lowest BCUT2D eigenvalue weighted by atomic mass is 10.1. The number of rotatable bonds is 5. The van der Waals surface area contributed by atoms with Crippen LogP contribution in [0, 0.1) is 5.92 Å².